The summed E-state index contributed by atoms with van der Waals surface area (Å²) in [5, 5.41) is 3.40. The Balaban J connectivity index is 2.49. The van der Waals surface area contributed by atoms with Crippen molar-refractivity contribution in [2.24, 2.45) is 0 Å². The third-order valence-electron chi connectivity index (χ3n) is 3.87. The lowest BCUT2D eigenvalue weighted by atomic mass is 9.83. The Kier molecular flexibility index (Phi) is 4.39. The Morgan fingerprint density at radius 2 is 1.63 bits per heavy atom. The first-order valence-corrected chi connectivity index (χ1v) is 6.93. The highest BCUT2D eigenvalue weighted by Crippen LogP contribution is 2.30. The molecule has 0 aliphatic rings. The monoisotopic (exact) mass is 253 g/mol. The Labute approximate surface area is 116 Å². The quantitative estimate of drug-likeness (QED) is 0.867. The fourth-order valence-electron chi connectivity index (χ4n) is 2.74. The van der Waals surface area contributed by atoms with Crippen molar-refractivity contribution in [2.75, 3.05) is 7.05 Å². The second-order valence-corrected chi connectivity index (χ2v) is 5.33. The van der Waals surface area contributed by atoms with E-state index < -0.39 is 0 Å². The molecule has 0 amide bonds. The van der Waals surface area contributed by atoms with Gasteiger partial charge in [-0.1, -0.05) is 54.1 Å². The molecule has 0 fully saturated rings. The maximum Gasteiger partial charge on any atom is 0.0243 e. The van der Waals surface area contributed by atoms with Crippen molar-refractivity contribution in [1.82, 2.24) is 5.32 Å². The Morgan fingerprint density at radius 1 is 0.947 bits per heavy atom. The molecule has 1 N–H and O–H groups in total. The van der Waals surface area contributed by atoms with Crippen molar-refractivity contribution in [3.8, 4) is 0 Å². The highest BCUT2D eigenvalue weighted by Gasteiger charge is 2.21. The molecule has 0 radical (unpaired) electrons. The van der Waals surface area contributed by atoms with Crippen LogP contribution in [0.15, 0.2) is 48.5 Å². The van der Waals surface area contributed by atoms with Gasteiger partial charge in [0.25, 0.3) is 0 Å². The molecule has 0 aliphatic carbocycles. The SMILES string of the molecule is CNC(C)C(c1ccccc1)c1ccc(C)cc1C. The van der Waals surface area contributed by atoms with E-state index in [0.717, 1.165) is 0 Å². The second-order valence-electron chi connectivity index (χ2n) is 5.33. The summed E-state index contributed by atoms with van der Waals surface area (Å²) in [5.41, 5.74) is 5.48. The van der Waals surface area contributed by atoms with Crippen molar-refractivity contribution < 1.29 is 0 Å². The molecule has 0 saturated carbocycles. The third kappa shape index (κ3) is 3.05. The van der Waals surface area contributed by atoms with Gasteiger partial charge in [-0.25, -0.2) is 0 Å². The van der Waals surface area contributed by atoms with Crippen molar-refractivity contribution in [3.05, 3.63) is 70.8 Å². The smallest absolute Gasteiger partial charge is 0.0243 e. The average Bonchev–Trinajstić information content (AvgIpc) is 2.42. The van der Waals surface area contributed by atoms with Gasteiger partial charge in [0.1, 0.15) is 0 Å². The average molecular weight is 253 g/mol. The maximum absolute atomic E-state index is 3.40. The summed E-state index contributed by atoms with van der Waals surface area (Å²) in [6.45, 7) is 6.60. The number of rotatable bonds is 4. The van der Waals surface area contributed by atoms with Crippen LogP contribution in [0.2, 0.25) is 0 Å². The maximum atomic E-state index is 3.40. The number of hydrogen-bond acceptors (Lipinski definition) is 1. The zero-order valence-electron chi connectivity index (χ0n) is 12.3. The molecule has 100 valence electrons. The molecule has 2 unspecified atom stereocenters. The predicted molar refractivity (Wildman–Crippen MR) is 82.7 cm³/mol. The van der Waals surface area contributed by atoms with Crippen LogP contribution in [0.1, 0.15) is 35.1 Å². The largest absolute Gasteiger partial charge is 0.316 e. The highest BCUT2D eigenvalue weighted by molar-refractivity contribution is 5.40. The van der Waals surface area contributed by atoms with E-state index in [0.29, 0.717) is 12.0 Å². The molecule has 0 bridgehead atoms. The first-order valence-electron chi connectivity index (χ1n) is 6.93. The van der Waals surface area contributed by atoms with Gasteiger partial charge in [0.15, 0.2) is 0 Å². The van der Waals surface area contributed by atoms with Gasteiger partial charge in [-0.15, -0.1) is 0 Å². The lowest BCUT2D eigenvalue weighted by molar-refractivity contribution is 0.545. The minimum atomic E-state index is 0.395. The Morgan fingerprint density at radius 3 is 2.21 bits per heavy atom. The predicted octanol–water partition coefficient (Wildman–Crippen LogP) is 4.04. The van der Waals surface area contributed by atoms with Crippen LogP contribution in [0.4, 0.5) is 0 Å². The van der Waals surface area contributed by atoms with Gasteiger partial charge in [-0.3, -0.25) is 0 Å². The van der Waals surface area contributed by atoms with E-state index >= 15 is 0 Å². The van der Waals surface area contributed by atoms with Crippen LogP contribution >= 0.6 is 0 Å². The van der Waals surface area contributed by atoms with E-state index in [1.54, 1.807) is 0 Å². The molecule has 0 aromatic heterocycles. The zero-order valence-corrected chi connectivity index (χ0v) is 12.3. The number of hydrogen-bond donors (Lipinski definition) is 1. The summed E-state index contributed by atoms with van der Waals surface area (Å²) in [5.74, 6) is 0.395. The zero-order chi connectivity index (χ0) is 13.8. The fraction of sp³-hybridized carbons (Fsp3) is 0.333. The fourth-order valence-corrected chi connectivity index (χ4v) is 2.74. The topological polar surface area (TPSA) is 12.0 Å². The molecule has 1 nitrogen and oxygen atoms in total. The van der Waals surface area contributed by atoms with Gasteiger partial charge in [0.05, 0.1) is 0 Å². The van der Waals surface area contributed by atoms with E-state index in [1.807, 2.05) is 7.05 Å². The second kappa shape index (κ2) is 6.03. The van der Waals surface area contributed by atoms with Crippen LogP contribution in [0.3, 0.4) is 0 Å². The van der Waals surface area contributed by atoms with E-state index in [-0.39, 0.29) is 0 Å². The lowest BCUT2D eigenvalue weighted by Crippen LogP contribution is -2.30. The van der Waals surface area contributed by atoms with E-state index in [1.165, 1.54) is 22.3 Å². The van der Waals surface area contributed by atoms with Crippen LogP contribution in [0.5, 0.6) is 0 Å². The van der Waals surface area contributed by atoms with Crippen LogP contribution in [0, 0.1) is 13.8 Å². The molecule has 0 aliphatic heterocycles. The van der Waals surface area contributed by atoms with Crippen molar-refractivity contribution in [1.29, 1.82) is 0 Å². The molecular weight excluding hydrogens is 230 g/mol. The van der Waals surface area contributed by atoms with Crippen molar-refractivity contribution in [3.63, 3.8) is 0 Å². The minimum absolute atomic E-state index is 0.395. The summed E-state index contributed by atoms with van der Waals surface area (Å²) >= 11 is 0. The molecule has 1 heteroatoms. The van der Waals surface area contributed by atoms with Gasteiger partial charge in [-0.05, 0) is 44.5 Å². The van der Waals surface area contributed by atoms with E-state index in [2.05, 4.69) is 74.6 Å². The summed E-state index contributed by atoms with van der Waals surface area (Å²) < 4.78 is 0. The summed E-state index contributed by atoms with van der Waals surface area (Å²) in [6.07, 6.45) is 0. The van der Waals surface area contributed by atoms with Gasteiger partial charge >= 0.3 is 0 Å². The van der Waals surface area contributed by atoms with Crippen molar-refractivity contribution in [2.45, 2.75) is 32.7 Å². The molecule has 2 aromatic carbocycles. The van der Waals surface area contributed by atoms with Crippen LogP contribution in [0.25, 0.3) is 0 Å². The number of likely N-dealkylation sites (N-methyl/N-ethyl adjacent to an activating group) is 1. The molecule has 0 saturated heterocycles. The highest BCUT2D eigenvalue weighted by atomic mass is 14.9. The summed E-state index contributed by atoms with van der Waals surface area (Å²) in [4.78, 5) is 0. The molecule has 2 rings (SSSR count). The Bertz CT molecular complexity index is 531. The minimum Gasteiger partial charge on any atom is -0.316 e. The van der Waals surface area contributed by atoms with Gasteiger partial charge in [0.2, 0.25) is 0 Å². The number of nitrogens with one attached hydrogen (secondary N) is 1. The van der Waals surface area contributed by atoms with Crippen molar-refractivity contribution >= 4 is 0 Å². The van der Waals surface area contributed by atoms with E-state index in [9.17, 15) is 0 Å². The third-order valence-corrected chi connectivity index (χ3v) is 3.87. The number of benzene rings is 2. The molecule has 0 spiro atoms. The summed E-state index contributed by atoms with van der Waals surface area (Å²) in [6, 6.07) is 17.9. The van der Waals surface area contributed by atoms with Gasteiger partial charge in [-0.2, -0.15) is 0 Å². The van der Waals surface area contributed by atoms with Crippen LogP contribution < -0.4 is 5.32 Å². The molecule has 0 heterocycles. The standard InChI is InChI=1S/C18H23N/c1-13-10-11-17(14(2)12-13)18(15(3)19-4)16-8-6-5-7-9-16/h5-12,15,18-19H,1-4H3. The van der Waals surface area contributed by atoms with Gasteiger partial charge < -0.3 is 5.32 Å². The first kappa shape index (κ1) is 13.8. The van der Waals surface area contributed by atoms with Gasteiger partial charge in [0, 0.05) is 12.0 Å². The molecule has 2 atom stereocenters. The summed E-state index contributed by atoms with van der Waals surface area (Å²) in [7, 11) is 2.03. The normalized spacial score (nSPS) is 14.1. The Hall–Kier alpha value is -1.60. The first-order chi connectivity index (χ1) is 9.13. The van der Waals surface area contributed by atoms with Crippen LogP contribution in [-0.2, 0) is 0 Å². The van der Waals surface area contributed by atoms with E-state index in [4.69, 9.17) is 0 Å². The number of aryl methyl sites for hydroxylation is 2. The molecule has 19 heavy (non-hydrogen) atoms. The molecule has 2 aromatic rings. The lowest BCUT2D eigenvalue weighted by Gasteiger charge is -2.26. The van der Waals surface area contributed by atoms with Crippen LogP contribution in [-0.4, -0.2) is 13.1 Å². The molecular formula is C18H23N.